The predicted octanol–water partition coefficient (Wildman–Crippen LogP) is 4.71. The van der Waals surface area contributed by atoms with Crippen molar-refractivity contribution < 1.29 is 0 Å². The average molecular weight is 243 g/mol. The van der Waals surface area contributed by atoms with Gasteiger partial charge in [-0.05, 0) is 49.1 Å². The minimum atomic E-state index is 0.907. The molecule has 1 N–H and O–H groups in total. The number of fused-ring (bicyclic) bond motifs is 1. The van der Waals surface area contributed by atoms with Gasteiger partial charge in [-0.15, -0.1) is 0 Å². The van der Waals surface area contributed by atoms with E-state index < -0.39 is 0 Å². The van der Waals surface area contributed by atoms with Crippen molar-refractivity contribution in [1.82, 2.24) is 0 Å². The lowest BCUT2D eigenvalue weighted by atomic mass is 9.67. The summed E-state index contributed by atoms with van der Waals surface area (Å²) >= 11 is 0. The Morgan fingerprint density at radius 3 is 2.50 bits per heavy atom. The molecule has 2 aliphatic carbocycles. The molecule has 0 amide bonds. The smallest absolute Gasteiger partial charge is 0.0340 e. The first-order valence-corrected chi connectivity index (χ1v) is 7.71. The number of hydrogen-bond acceptors (Lipinski definition) is 1. The Labute approximate surface area is 111 Å². The van der Waals surface area contributed by atoms with Gasteiger partial charge < -0.3 is 5.32 Å². The van der Waals surface area contributed by atoms with Gasteiger partial charge in [0.25, 0.3) is 0 Å². The summed E-state index contributed by atoms with van der Waals surface area (Å²) in [5.74, 6) is 3.03. The Balaban J connectivity index is 1.49. The maximum Gasteiger partial charge on any atom is 0.0340 e. The van der Waals surface area contributed by atoms with Crippen LogP contribution in [0.2, 0.25) is 0 Å². The topological polar surface area (TPSA) is 12.0 Å². The first kappa shape index (κ1) is 12.1. The summed E-state index contributed by atoms with van der Waals surface area (Å²) in [6.45, 7) is 1.17. The lowest BCUT2D eigenvalue weighted by Gasteiger charge is -2.39. The molecule has 2 fully saturated rings. The monoisotopic (exact) mass is 243 g/mol. The van der Waals surface area contributed by atoms with E-state index in [9.17, 15) is 0 Å². The van der Waals surface area contributed by atoms with Crippen molar-refractivity contribution in [1.29, 1.82) is 0 Å². The minimum absolute atomic E-state index is 0.907. The number of hydrogen-bond donors (Lipinski definition) is 1. The zero-order valence-corrected chi connectivity index (χ0v) is 11.3. The number of rotatable bonds is 3. The van der Waals surface area contributed by atoms with E-state index in [0.717, 1.165) is 17.8 Å². The van der Waals surface area contributed by atoms with E-state index in [2.05, 4.69) is 35.6 Å². The summed E-state index contributed by atoms with van der Waals surface area (Å²) in [6.07, 6.45) is 10.4. The van der Waals surface area contributed by atoms with Crippen molar-refractivity contribution in [3.63, 3.8) is 0 Å². The highest BCUT2D eigenvalue weighted by atomic mass is 14.9. The van der Waals surface area contributed by atoms with Crippen LogP contribution < -0.4 is 5.32 Å². The largest absolute Gasteiger partial charge is 0.385 e. The van der Waals surface area contributed by atoms with Crippen molar-refractivity contribution in [2.45, 2.75) is 44.9 Å². The van der Waals surface area contributed by atoms with Gasteiger partial charge in [0.2, 0.25) is 0 Å². The molecule has 3 rings (SSSR count). The van der Waals surface area contributed by atoms with Crippen molar-refractivity contribution in [2.24, 2.45) is 17.8 Å². The maximum absolute atomic E-state index is 3.61. The molecular formula is C17H25N. The molecule has 3 unspecified atom stereocenters. The molecule has 1 aromatic rings. The summed E-state index contributed by atoms with van der Waals surface area (Å²) in [6, 6.07) is 10.7. The quantitative estimate of drug-likeness (QED) is 0.811. The van der Waals surface area contributed by atoms with Crippen LogP contribution in [0.4, 0.5) is 5.69 Å². The lowest BCUT2D eigenvalue weighted by molar-refractivity contribution is 0.134. The predicted molar refractivity (Wildman–Crippen MR) is 77.7 cm³/mol. The van der Waals surface area contributed by atoms with Crippen LogP contribution in [0.1, 0.15) is 44.9 Å². The summed E-state index contributed by atoms with van der Waals surface area (Å²) < 4.78 is 0. The third-order valence-corrected chi connectivity index (χ3v) is 5.02. The second kappa shape index (κ2) is 5.77. The Hall–Kier alpha value is -0.980. The van der Waals surface area contributed by atoms with Gasteiger partial charge in [0.05, 0.1) is 0 Å². The summed E-state index contributed by atoms with van der Waals surface area (Å²) in [5.41, 5.74) is 1.28. The molecule has 3 atom stereocenters. The molecule has 0 spiro atoms. The van der Waals surface area contributed by atoms with Crippen LogP contribution >= 0.6 is 0 Å². The fourth-order valence-electron chi connectivity index (χ4n) is 3.97. The van der Waals surface area contributed by atoms with Crippen LogP contribution in [0.15, 0.2) is 30.3 Å². The highest BCUT2D eigenvalue weighted by Gasteiger charge is 2.31. The number of para-hydroxylation sites is 1. The third kappa shape index (κ3) is 2.88. The van der Waals surface area contributed by atoms with E-state index in [1.165, 1.54) is 57.2 Å². The van der Waals surface area contributed by atoms with Crippen LogP contribution in [0.3, 0.4) is 0 Å². The Morgan fingerprint density at radius 2 is 1.67 bits per heavy atom. The van der Waals surface area contributed by atoms with E-state index in [-0.39, 0.29) is 0 Å². The minimum Gasteiger partial charge on any atom is -0.385 e. The van der Waals surface area contributed by atoms with Gasteiger partial charge in [0.1, 0.15) is 0 Å². The zero-order valence-electron chi connectivity index (χ0n) is 11.3. The van der Waals surface area contributed by atoms with Gasteiger partial charge in [-0.1, -0.05) is 43.9 Å². The molecule has 2 saturated carbocycles. The zero-order chi connectivity index (χ0) is 12.2. The van der Waals surface area contributed by atoms with E-state index in [4.69, 9.17) is 0 Å². The van der Waals surface area contributed by atoms with E-state index in [1.807, 2.05) is 0 Å². The molecule has 0 heterocycles. The number of benzene rings is 1. The molecule has 1 aromatic carbocycles. The van der Waals surface area contributed by atoms with Crippen LogP contribution in [-0.2, 0) is 0 Å². The number of anilines is 1. The molecule has 0 aromatic heterocycles. The van der Waals surface area contributed by atoms with Crippen LogP contribution in [0.25, 0.3) is 0 Å². The van der Waals surface area contributed by atoms with Gasteiger partial charge in [0.15, 0.2) is 0 Å². The van der Waals surface area contributed by atoms with Crippen molar-refractivity contribution in [2.75, 3.05) is 11.9 Å². The molecule has 1 heteroatoms. The van der Waals surface area contributed by atoms with Crippen molar-refractivity contribution >= 4 is 5.69 Å². The fraction of sp³-hybridized carbons (Fsp3) is 0.647. The van der Waals surface area contributed by atoms with Crippen molar-refractivity contribution in [3.8, 4) is 0 Å². The van der Waals surface area contributed by atoms with Crippen LogP contribution in [-0.4, -0.2) is 6.54 Å². The van der Waals surface area contributed by atoms with Gasteiger partial charge in [-0.2, -0.15) is 0 Å². The SMILES string of the molecule is c1ccc(NCC2CCC3CCCCC3C2)cc1. The molecule has 18 heavy (non-hydrogen) atoms. The maximum atomic E-state index is 3.61. The second-order valence-electron chi connectivity index (χ2n) is 6.23. The molecule has 1 nitrogen and oxygen atoms in total. The molecular weight excluding hydrogens is 218 g/mol. The van der Waals surface area contributed by atoms with Gasteiger partial charge in [0, 0.05) is 12.2 Å². The van der Waals surface area contributed by atoms with Crippen LogP contribution in [0.5, 0.6) is 0 Å². The molecule has 0 saturated heterocycles. The summed E-state index contributed by atoms with van der Waals surface area (Å²) in [7, 11) is 0. The van der Waals surface area contributed by atoms with Crippen LogP contribution in [0, 0.1) is 17.8 Å². The average Bonchev–Trinajstić information content (AvgIpc) is 2.46. The Kier molecular flexibility index (Phi) is 3.87. The summed E-state index contributed by atoms with van der Waals surface area (Å²) in [4.78, 5) is 0. The fourth-order valence-corrected chi connectivity index (χ4v) is 3.97. The summed E-state index contributed by atoms with van der Waals surface area (Å²) in [5, 5.41) is 3.61. The molecule has 2 aliphatic rings. The van der Waals surface area contributed by atoms with Gasteiger partial charge in [-0.3, -0.25) is 0 Å². The van der Waals surface area contributed by atoms with E-state index in [1.54, 1.807) is 0 Å². The van der Waals surface area contributed by atoms with Gasteiger partial charge in [-0.25, -0.2) is 0 Å². The van der Waals surface area contributed by atoms with E-state index >= 15 is 0 Å². The highest BCUT2D eigenvalue weighted by molar-refractivity contribution is 5.42. The van der Waals surface area contributed by atoms with Gasteiger partial charge >= 0.3 is 0 Å². The normalized spacial score (nSPS) is 31.7. The highest BCUT2D eigenvalue weighted by Crippen LogP contribution is 2.42. The lowest BCUT2D eigenvalue weighted by Crippen LogP contribution is -2.30. The van der Waals surface area contributed by atoms with Crippen molar-refractivity contribution in [3.05, 3.63) is 30.3 Å². The first-order valence-electron chi connectivity index (χ1n) is 7.71. The second-order valence-corrected chi connectivity index (χ2v) is 6.23. The molecule has 98 valence electrons. The van der Waals surface area contributed by atoms with E-state index in [0.29, 0.717) is 0 Å². The number of nitrogens with one attached hydrogen (secondary N) is 1. The standard InChI is InChI=1S/C17H25N/c1-2-8-17(9-3-1)18-13-14-10-11-15-6-4-5-7-16(15)12-14/h1-3,8-9,14-16,18H,4-7,10-13H2. The Morgan fingerprint density at radius 1 is 0.889 bits per heavy atom. The molecule has 0 bridgehead atoms. The third-order valence-electron chi connectivity index (χ3n) is 5.02. The molecule has 0 radical (unpaired) electrons. The first-order chi connectivity index (χ1) is 8.92. The Bertz CT molecular complexity index is 359. The molecule has 0 aliphatic heterocycles.